The lowest BCUT2D eigenvalue weighted by Gasteiger charge is -2.25. The standard InChI is InChI=1S/C9H12N2OS/c1-4-13-9(10-1)6-11-2-3-12-8-5-7(8)11/h1,4,7-8H,2-3,5-6H2. The summed E-state index contributed by atoms with van der Waals surface area (Å²) >= 11 is 1.74. The molecule has 0 amide bonds. The molecule has 1 saturated carbocycles. The number of hydrogen-bond acceptors (Lipinski definition) is 4. The molecule has 2 atom stereocenters. The number of fused-ring (bicyclic) bond motifs is 1. The molecule has 2 unspecified atom stereocenters. The number of nitrogens with zero attached hydrogens (tertiary/aromatic N) is 2. The molecule has 0 bridgehead atoms. The second-order valence-corrected chi connectivity index (χ2v) is 4.59. The van der Waals surface area contributed by atoms with E-state index < -0.39 is 0 Å². The van der Waals surface area contributed by atoms with E-state index in [4.69, 9.17) is 4.74 Å². The molecule has 1 aromatic rings. The number of rotatable bonds is 2. The average molecular weight is 196 g/mol. The molecule has 0 N–H and O–H groups in total. The zero-order valence-electron chi connectivity index (χ0n) is 7.35. The summed E-state index contributed by atoms with van der Waals surface area (Å²) in [5, 5.41) is 3.27. The van der Waals surface area contributed by atoms with Gasteiger partial charge in [0.25, 0.3) is 0 Å². The third-order valence-corrected chi connectivity index (χ3v) is 3.47. The first-order valence-electron chi connectivity index (χ1n) is 4.67. The topological polar surface area (TPSA) is 25.4 Å². The Morgan fingerprint density at radius 3 is 3.54 bits per heavy atom. The summed E-state index contributed by atoms with van der Waals surface area (Å²) in [7, 11) is 0. The van der Waals surface area contributed by atoms with Gasteiger partial charge < -0.3 is 4.74 Å². The number of morpholine rings is 1. The lowest BCUT2D eigenvalue weighted by atomic mass is 10.4. The van der Waals surface area contributed by atoms with Gasteiger partial charge in [0.2, 0.25) is 0 Å². The van der Waals surface area contributed by atoms with Crippen molar-refractivity contribution >= 4 is 11.3 Å². The van der Waals surface area contributed by atoms with Gasteiger partial charge in [0, 0.05) is 24.2 Å². The van der Waals surface area contributed by atoms with Gasteiger partial charge in [-0.3, -0.25) is 4.90 Å². The van der Waals surface area contributed by atoms with E-state index in [0.29, 0.717) is 12.1 Å². The molecule has 1 aromatic heterocycles. The fourth-order valence-electron chi connectivity index (χ4n) is 1.91. The zero-order valence-corrected chi connectivity index (χ0v) is 8.17. The van der Waals surface area contributed by atoms with Crippen LogP contribution in [0.3, 0.4) is 0 Å². The number of hydrogen-bond donors (Lipinski definition) is 0. The molecule has 2 heterocycles. The van der Waals surface area contributed by atoms with Crippen LogP contribution in [0.25, 0.3) is 0 Å². The van der Waals surface area contributed by atoms with Gasteiger partial charge >= 0.3 is 0 Å². The first-order chi connectivity index (χ1) is 6.43. The molecular formula is C9H12N2OS. The summed E-state index contributed by atoms with van der Waals surface area (Å²) in [6, 6.07) is 0.692. The first-order valence-corrected chi connectivity index (χ1v) is 5.55. The predicted molar refractivity (Wildman–Crippen MR) is 50.7 cm³/mol. The van der Waals surface area contributed by atoms with Gasteiger partial charge in [-0.25, -0.2) is 4.98 Å². The van der Waals surface area contributed by atoms with E-state index in [0.717, 1.165) is 19.7 Å². The van der Waals surface area contributed by atoms with Crippen molar-refractivity contribution in [3.05, 3.63) is 16.6 Å². The van der Waals surface area contributed by atoms with Gasteiger partial charge in [0.05, 0.1) is 19.3 Å². The molecule has 4 heteroatoms. The van der Waals surface area contributed by atoms with E-state index >= 15 is 0 Å². The van der Waals surface area contributed by atoms with Gasteiger partial charge in [0.15, 0.2) is 0 Å². The highest BCUT2D eigenvalue weighted by Crippen LogP contribution is 2.35. The Morgan fingerprint density at radius 2 is 2.69 bits per heavy atom. The molecule has 13 heavy (non-hydrogen) atoms. The second-order valence-electron chi connectivity index (χ2n) is 3.61. The van der Waals surface area contributed by atoms with Crippen molar-refractivity contribution in [2.45, 2.75) is 25.1 Å². The minimum absolute atomic E-state index is 0.536. The summed E-state index contributed by atoms with van der Waals surface area (Å²) in [5.74, 6) is 0. The highest BCUT2D eigenvalue weighted by molar-refractivity contribution is 7.09. The van der Waals surface area contributed by atoms with Crippen LogP contribution in [0.5, 0.6) is 0 Å². The zero-order chi connectivity index (χ0) is 8.67. The normalized spacial score (nSPS) is 32.9. The lowest BCUT2D eigenvalue weighted by Crippen LogP contribution is -2.36. The number of aromatic nitrogens is 1. The Bertz CT molecular complexity index is 288. The van der Waals surface area contributed by atoms with Crippen LogP contribution in [0.2, 0.25) is 0 Å². The maximum Gasteiger partial charge on any atom is 0.107 e. The van der Waals surface area contributed by atoms with Crippen LogP contribution in [0.1, 0.15) is 11.4 Å². The molecule has 2 fully saturated rings. The molecule has 2 aliphatic rings. The molecular weight excluding hydrogens is 184 g/mol. The molecule has 0 spiro atoms. The van der Waals surface area contributed by atoms with Gasteiger partial charge in [0.1, 0.15) is 5.01 Å². The van der Waals surface area contributed by atoms with Crippen molar-refractivity contribution < 1.29 is 4.74 Å². The molecule has 1 aliphatic heterocycles. The minimum atomic E-state index is 0.536. The third-order valence-electron chi connectivity index (χ3n) is 2.70. The van der Waals surface area contributed by atoms with Crippen molar-refractivity contribution in [2.75, 3.05) is 13.2 Å². The van der Waals surface area contributed by atoms with E-state index in [1.54, 1.807) is 11.3 Å². The molecule has 1 aliphatic carbocycles. The van der Waals surface area contributed by atoms with Crippen LogP contribution in [0.15, 0.2) is 11.6 Å². The van der Waals surface area contributed by atoms with E-state index in [1.165, 1.54) is 11.4 Å². The Hall–Kier alpha value is -0.450. The van der Waals surface area contributed by atoms with Crippen LogP contribution in [0.4, 0.5) is 0 Å². The van der Waals surface area contributed by atoms with Gasteiger partial charge in [-0.05, 0) is 6.42 Å². The van der Waals surface area contributed by atoms with Crippen molar-refractivity contribution in [3.63, 3.8) is 0 Å². The summed E-state index contributed by atoms with van der Waals surface area (Å²) in [4.78, 5) is 6.79. The van der Waals surface area contributed by atoms with Crippen molar-refractivity contribution in [3.8, 4) is 0 Å². The molecule has 70 valence electrons. The SMILES string of the molecule is c1csc(CN2CCOC3CC32)n1. The van der Waals surface area contributed by atoms with Crippen molar-refractivity contribution in [2.24, 2.45) is 0 Å². The molecule has 0 aromatic carbocycles. The van der Waals surface area contributed by atoms with Crippen LogP contribution in [0, 0.1) is 0 Å². The number of thiazole rings is 1. The smallest absolute Gasteiger partial charge is 0.107 e. The Kier molecular flexibility index (Phi) is 1.85. The summed E-state index contributed by atoms with van der Waals surface area (Å²) in [6.45, 7) is 2.98. The summed E-state index contributed by atoms with van der Waals surface area (Å²) < 4.78 is 5.54. The predicted octanol–water partition coefficient (Wildman–Crippen LogP) is 1.12. The molecule has 3 rings (SSSR count). The average Bonchev–Trinajstić information content (AvgIpc) is 2.77. The summed E-state index contributed by atoms with van der Waals surface area (Å²) in [5.41, 5.74) is 0. The Morgan fingerprint density at radius 1 is 1.69 bits per heavy atom. The van der Waals surface area contributed by atoms with Crippen LogP contribution < -0.4 is 0 Å². The highest BCUT2D eigenvalue weighted by atomic mass is 32.1. The Labute approximate surface area is 81.3 Å². The van der Waals surface area contributed by atoms with Crippen LogP contribution in [-0.2, 0) is 11.3 Å². The monoisotopic (exact) mass is 196 g/mol. The van der Waals surface area contributed by atoms with Gasteiger partial charge in [-0.15, -0.1) is 11.3 Å². The number of ether oxygens (including phenoxy) is 1. The van der Waals surface area contributed by atoms with Crippen LogP contribution >= 0.6 is 11.3 Å². The fraction of sp³-hybridized carbons (Fsp3) is 0.667. The summed E-state index contributed by atoms with van der Waals surface area (Å²) in [6.07, 6.45) is 3.64. The fourth-order valence-corrected chi connectivity index (χ4v) is 2.55. The molecule has 3 nitrogen and oxygen atoms in total. The molecule has 1 saturated heterocycles. The molecule has 0 radical (unpaired) electrons. The highest BCUT2D eigenvalue weighted by Gasteiger charge is 2.45. The minimum Gasteiger partial charge on any atom is -0.375 e. The third kappa shape index (κ3) is 1.49. The van der Waals surface area contributed by atoms with E-state index in [1.807, 2.05) is 11.6 Å². The lowest BCUT2D eigenvalue weighted by molar-refractivity contribution is 0.0278. The first kappa shape index (κ1) is 7.91. The maximum atomic E-state index is 5.54. The van der Waals surface area contributed by atoms with E-state index in [-0.39, 0.29) is 0 Å². The van der Waals surface area contributed by atoms with Gasteiger partial charge in [-0.1, -0.05) is 0 Å². The quantitative estimate of drug-likeness (QED) is 0.708. The van der Waals surface area contributed by atoms with E-state index in [2.05, 4.69) is 9.88 Å². The van der Waals surface area contributed by atoms with Crippen molar-refractivity contribution in [1.82, 2.24) is 9.88 Å². The largest absolute Gasteiger partial charge is 0.375 e. The van der Waals surface area contributed by atoms with E-state index in [9.17, 15) is 0 Å². The van der Waals surface area contributed by atoms with Crippen molar-refractivity contribution in [1.29, 1.82) is 0 Å². The second kappa shape index (κ2) is 3.04. The Balaban J connectivity index is 1.66. The van der Waals surface area contributed by atoms with Gasteiger partial charge in [-0.2, -0.15) is 0 Å². The van der Waals surface area contributed by atoms with Crippen LogP contribution in [-0.4, -0.2) is 35.2 Å². The maximum absolute atomic E-state index is 5.54.